The topological polar surface area (TPSA) is 0 Å². The monoisotopic (exact) mass is 399 g/mol. The van der Waals surface area contributed by atoms with E-state index >= 15 is 0 Å². The summed E-state index contributed by atoms with van der Waals surface area (Å²) < 4.78 is 35.6. The van der Waals surface area contributed by atoms with E-state index in [-0.39, 0.29) is 56.2 Å². The van der Waals surface area contributed by atoms with Gasteiger partial charge in [0, 0.05) is 25.8 Å². The fourth-order valence-corrected chi connectivity index (χ4v) is 0.747. The van der Waals surface area contributed by atoms with Crippen molar-refractivity contribution in [3.63, 3.8) is 0 Å². The van der Waals surface area contributed by atoms with Gasteiger partial charge in [0.1, 0.15) is 0 Å². The van der Waals surface area contributed by atoms with Crippen LogP contribution in [0.1, 0.15) is 6.42 Å². The van der Waals surface area contributed by atoms with E-state index in [0.29, 0.717) is 6.42 Å². The summed E-state index contributed by atoms with van der Waals surface area (Å²) in [7, 11) is 0. The molecule has 1 aliphatic rings. The van der Waals surface area contributed by atoms with Gasteiger partial charge in [-0.25, -0.2) is 19.2 Å². The molecule has 0 radical (unpaired) electrons. The molecule has 76 valence electrons. The van der Waals surface area contributed by atoms with E-state index in [2.05, 4.69) is 6.08 Å². The van der Waals surface area contributed by atoms with Crippen LogP contribution in [0.2, 0.25) is 0 Å². The van der Waals surface area contributed by atoms with Crippen LogP contribution in [0.15, 0.2) is 17.7 Å². The molecule has 0 saturated heterocycles. The van der Waals surface area contributed by atoms with Gasteiger partial charge in [-0.15, -0.1) is 31.2 Å². The van der Waals surface area contributed by atoms with E-state index in [9.17, 15) is 13.2 Å². The second-order valence-corrected chi connectivity index (χ2v) is 1.97. The van der Waals surface area contributed by atoms with Crippen LogP contribution >= 0.6 is 24.8 Å². The van der Waals surface area contributed by atoms with Crippen LogP contribution in [-0.2, 0) is 25.8 Å². The average Bonchev–Trinajstić information content (AvgIpc) is 2.36. The number of rotatable bonds is 2. The molecule has 0 heterocycles. The van der Waals surface area contributed by atoms with Crippen LogP contribution in [0.3, 0.4) is 0 Å². The summed E-state index contributed by atoms with van der Waals surface area (Å²) in [6.07, 6.45) is 0.801. The fraction of sp³-hybridized carbons (Fsp3) is 0.429. The van der Waals surface area contributed by atoms with E-state index in [1.807, 2.05) is 0 Å². The van der Waals surface area contributed by atoms with Crippen molar-refractivity contribution < 1.29 is 39.0 Å². The standard InChI is InChI=1S/C7H6F3.2ClH.Hf/c8-6(7(9)10)5-3-1-2-4-5;;;/h1,3,6-7H,2H2;2*1H;/q-1;;;. The third-order valence-electron chi connectivity index (χ3n) is 1.24. The Hall–Kier alpha value is 0.720. The molecule has 0 nitrogen and oxygen atoms in total. The maximum absolute atomic E-state index is 12.3. The minimum Gasteiger partial charge on any atom is -0.266 e. The Kier molecular flexibility index (Phi) is 13.8. The molecule has 13 heavy (non-hydrogen) atoms. The normalized spacial score (nSPS) is 15.2. The first-order valence-corrected chi connectivity index (χ1v) is 2.91. The summed E-state index contributed by atoms with van der Waals surface area (Å²) in [5, 5.41) is 0. The maximum atomic E-state index is 12.3. The van der Waals surface area contributed by atoms with Crippen molar-refractivity contribution in [3.05, 3.63) is 23.8 Å². The third kappa shape index (κ3) is 5.92. The molecule has 0 amide bonds. The van der Waals surface area contributed by atoms with Gasteiger partial charge in [0.15, 0.2) is 6.17 Å². The zero-order valence-corrected chi connectivity index (χ0v) is 11.7. The number of alkyl halides is 3. The summed E-state index contributed by atoms with van der Waals surface area (Å²) in [5.41, 5.74) is -0.0185. The van der Waals surface area contributed by atoms with Crippen LogP contribution < -0.4 is 0 Å². The van der Waals surface area contributed by atoms with Crippen LogP contribution in [-0.4, -0.2) is 12.6 Å². The Morgan fingerprint density at radius 2 is 1.77 bits per heavy atom. The van der Waals surface area contributed by atoms with Crippen molar-refractivity contribution in [2.24, 2.45) is 0 Å². The maximum Gasteiger partial charge on any atom is 0.270 e. The first-order chi connectivity index (χ1) is 4.72. The molecule has 0 aromatic heterocycles. The predicted molar refractivity (Wildman–Crippen MR) is 45.9 cm³/mol. The predicted octanol–water partition coefficient (Wildman–Crippen LogP) is 3.12. The summed E-state index contributed by atoms with van der Waals surface area (Å²) in [6.45, 7) is 0. The van der Waals surface area contributed by atoms with Crippen LogP contribution in [0, 0.1) is 6.08 Å². The number of halogens is 5. The smallest absolute Gasteiger partial charge is 0.266 e. The molecule has 0 N–H and O–H groups in total. The van der Waals surface area contributed by atoms with Crippen molar-refractivity contribution in [1.82, 2.24) is 0 Å². The molecule has 0 aliphatic heterocycles. The molecule has 0 bridgehead atoms. The average molecular weight is 399 g/mol. The van der Waals surface area contributed by atoms with Crippen molar-refractivity contribution in [3.8, 4) is 0 Å². The largest absolute Gasteiger partial charge is 0.270 e. The molecular formula is C7H8Cl2F3Hf-. The second kappa shape index (κ2) is 9.28. The zero-order valence-electron chi connectivity index (χ0n) is 6.47. The van der Waals surface area contributed by atoms with Gasteiger partial charge >= 0.3 is 0 Å². The van der Waals surface area contributed by atoms with Gasteiger partial charge in [-0.3, -0.25) is 6.08 Å². The Morgan fingerprint density at radius 3 is 2.08 bits per heavy atom. The molecule has 0 aromatic rings. The molecule has 0 aromatic carbocycles. The number of hydrogen-bond acceptors (Lipinski definition) is 0. The molecule has 0 spiro atoms. The molecule has 1 atom stereocenters. The zero-order chi connectivity index (χ0) is 7.56. The van der Waals surface area contributed by atoms with Crippen LogP contribution in [0.25, 0.3) is 0 Å². The molecule has 1 aliphatic carbocycles. The Labute approximate surface area is 106 Å². The van der Waals surface area contributed by atoms with Gasteiger partial charge in [-0.05, 0) is 0 Å². The summed E-state index contributed by atoms with van der Waals surface area (Å²) in [5.74, 6) is 0. The van der Waals surface area contributed by atoms with Gasteiger partial charge in [-0.1, -0.05) is 0 Å². The summed E-state index contributed by atoms with van der Waals surface area (Å²) in [4.78, 5) is 0. The Bertz CT molecular complexity index is 183. The Balaban J connectivity index is -0.000000333. The van der Waals surface area contributed by atoms with Crippen LogP contribution in [0.5, 0.6) is 0 Å². The van der Waals surface area contributed by atoms with Crippen LogP contribution in [0.4, 0.5) is 13.2 Å². The van der Waals surface area contributed by atoms with E-state index in [4.69, 9.17) is 0 Å². The van der Waals surface area contributed by atoms with E-state index in [0.717, 1.165) is 0 Å². The van der Waals surface area contributed by atoms with Crippen molar-refractivity contribution >= 4 is 24.8 Å². The third-order valence-corrected chi connectivity index (χ3v) is 1.24. The van der Waals surface area contributed by atoms with Gasteiger partial charge in [-0.2, -0.15) is 11.6 Å². The van der Waals surface area contributed by atoms with Gasteiger partial charge in [0.25, 0.3) is 6.43 Å². The van der Waals surface area contributed by atoms with E-state index < -0.39 is 12.6 Å². The molecule has 1 rings (SSSR count). The van der Waals surface area contributed by atoms with Crippen molar-refractivity contribution in [2.45, 2.75) is 19.0 Å². The quantitative estimate of drug-likeness (QED) is 0.495. The summed E-state index contributed by atoms with van der Waals surface area (Å²) in [6, 6.07) is 0. The van der Waals surface area contributed by atoms with Crippen molar-refractivity contribution in [1.29, 1.82) is 0 Å². The minimum atomic E-state index is -2.93. The van der Waals surface area contributed by atoms with E-state index in [1.54, 1.807) is 6.08 Å². The number of allylic oxidation sites excluding steroid dienone is 4. The Morgan fingerprint density at radius 1 is 1.23 bits per heavy atom. The molecule has 6 heteroatoms. The van der Waals surface area contributed by atoms with E-state index in [1.165, 1.54) is 6.08 Å². The first kappa shape index (κ1) is 19.3. The second-order valence-electron chi connectivity index (χ2n) is 1.97. The molecular weight excluding hydrogens is 390 g/mol. The van der Waals surface area contributed by atoms with Gasteiger partial charge < -0.3 is 0 Å². The molecule has 0 saturated carbocycles. The number of hydrogen-bond donors (Lipinski definition) is 0. The molecule has 0 fully saturated rings. The summed E-state index contributed by atoms with van der Waals surface area (Å²) >= 11 is 0. The van der Waals surface area contributed by atoms with Gasteiger partial charge in [0.2, 0.25) is 0 Å². The van der Waals surface area contributed by atoms with Crippen molar-refractivity contribution in [2.75, 3.05) is 0 Å². The van der Waals surface area contributed by atoms with Gasteiger partial charge in [0.05, 0.1) is 0 Å². The molecule has 1 unspecified atom stereocenters. The fourth-order valence-electron chi connectivity index (χ4n) is 0.747. The minimum absolute atomic E-state index is 0. The SMILES string of the molecule is Cl.Cl.FC(F)C(F)C1=[C-]CC=C1.[Hf]. The first-order valence-electron chi connectivity index (χ1n) is 2.91.